The molecule has 0 bridgehead atoms. The molecule has 5 nitrogen and oxygen atoms in total. The van der Waals surface area contributed by atoms with Gasteiger partial charge in [0, 0.05) is 6.04 Å². The second-order valence-corrected chi connectivity index (χ2v) is 3.02. The standard InChI is InChI=1S/C7H8N2O3/c10-5-6(11)9(7(12)8-5)4-2-1-3-4/h4H,1-3H2,(H,8,10,12). The Hall–Kier alpha value is -1.39. The fourth-order valence-corrected chi connectivity index (χ4v) is 1.39. The average Bonchev–Trinajstić information content (AvgIpc) is 2.13. The van der Waals surface area contributed by atoms with Gasteiger partial charge >= 0.3 is 17.8 Å². The maximum absolute atomic E-state index is 11.0. The predicted molar refractivity (Wildman–Crippen MR) is 38.0 cm³/mol. The number of hydrogen-bond acceptors (Lipinski definition) is 3. The van der Waals surface area contributed by atoms with Crippen molar-refractivity contribution in [2.45, 2.75) is 25.3 Å². The molecule has 1 aliphatic heterocycles. The minimum Gasteiger partial charge on any atom is -0.269 e. The molecule has 1 saturated heterocycles. The Bertz CT molecular complexity index is 270. The first-order valence-corrected chi connectivity index (χ1v) is 3.88. The van der Waals surface area contributed by atoms with Gasteiger partial charge in [0.2, 0.25) is 0 Å². The summed E-state index contributed by atoms with van der Waals surface area (Å²) >= 11 is 0. The number of urea groups is 1. The molecule has 2 fully saturated rings. The van der Waals surface area contributed by atoms with E-state index in [9.17, 15) is 14.4 Å². The number of rotatable bonds is 1. The van der Waals surface area contributed by atoms with Gasteiger partial charge in [-0.3, -0.25) is 19.8 Å². The SMILES string of the molecule is O=C1NC(=O)N(C2CCC2)C1=O. The maximum Gasteiger partial charge on any atom is 0.331 e. The smallest absolute Gasteiger partial charge is 0.269 e. The molecule has 0 atom stereocenters. The van der Waals surface area contributed by atoms with Crippen LogP contribution in [-0.4, -0.2) is 28.8 Å². The number of nitrogens with one attached hydrogen (secondary N) is 1. The van der Waals surface area contributed by atoms with Gasteiger partial charge in [-0.2, -0.15) is 0 Å². The van der Waals surface area contributed by atoms with Gasteiger partial charge in [0.05, 0.1) is 0 Å². The van der Waals surface area contributed by atoms with Crippen LogP contribution in [-0.2, 0) is 9.59 Å². The second kappa shape index (κ2) is 2.30. The topological polar surface area (TPSA) is 66.5 Å². The van der Waals surface area contributed by atoms with E-state index in [0.717, 1.165) is 24.2 Å². The highest BCUT2D eigenvalue weighted by Crippen LogP contribution is 2.26. The van der Waals surface area contributed by atoms with Crippen LogP contribution in [0.5, 0.6) is 0 Å². The van der Waals surface area contributed by atoms with E-state index in [4.69, 9.17) is 0 Å². The number of amides is 4. The number of carbonyl (C=O) groups is 3. The quantitative estimate of drug-likeness (QED) is 0.428. The van der Waals surface area contributed by atoms with Gasteiger partial charge in [0.25, 0.3) is 0 Å². The average molecular weight is 168 g/mol. The zero-order valence-electron chi connectivity index (χ0n) is 6.37. The summed E-state index contributed by atoms with van der Waals surface area (Å²) in [5, 5.41) is 1.96. The Kier molecular flexibility index (Phi) is 1.39. The van der Waals surface area contributed by atoms with Crippen LogP contribution in [0.1, 0.15) is 19.3 Å². The Morgan fingerprint density at radius 3 is 2.25 bits per heavy atom. The van der Waals surface area contributed by atoms with Gasteiger partial charge in [-0.05, 0) is 19.3 Å². The molecule has 1 N–H and O–H groups in total. The lowest BCUT2D eigenvalue weighted by atomic mass is 9.92. The summed E-state index contributed by atoms with van der Waals surface area (Å²) in [4.78, 5) is 33.8. The fraction of sp³-hybridized carbons (Fsp3) is 0.571. The highest BCUT2D eigenvalue weighted by molar-refractivity contribution is 6.44. The molecule has 12 heavy (non-hydrogen) atoms. The van der Waals surface area contributed by atoms with E-state index in [-0.39, 0.29) is 6.04 Å². The van der Waals surface area contributed by atoms with Crippen molar-refractivity contribution in [1.82, 2.24) is 10.2 Å². The highest BCUT2D eigenvalue weighted by atomic mass is 16.2. The summed E-state index contributed by atoms with van der Waals surface area (Å²) in [7, 11) is 0. The maximum atomic E-state index is 11.0. The zero-order valence-corrected chi connectivity index (χ0v) is 6.37. The lowest BCUT2D eigenvalue weighted by molar-refractivity contribution is -0.141. The van der Waals surface area contributed by atoms with Crippen LogP contribution >= 0.6 is 0 Å². The van der Waals surface area contributed by atoms with Crippen LogP contribution in [0.2, 0.25) is 0 Å². The molecule has 1 aliphatic carbocycles. The number of carbonyl (C=O) groups excluding carboxylic acids is 3. The third-order valence-electron chi connectivity index (χ3n) is 2.29. The summed E-state index contributed by atoms with van der Waals surface area (Å²) in [6, 6.07) is -0.598. The van der Waals surface area contributed by atoms with Crippen LogP contribution < -0.4 is 5.32 Å². The minimum absolute atomic E-state index is 0.0380. The van der Waals surface area contributed by atoms with Crippen molar-refractivity contribution in [3.63, 3.8) is 0 Å². The molecule has 0 spiro atoms. The van der Waals surface area contributed by atoms with Crippen LogP contribution in [0.15, 0.2) is 0 Å². The molecule has 2 rings (SSSR count). The summed E-state index contributed by atoms with van der Waals surface area (Å²) in [6.07, 6.45) is 2.68. The van der Waals surface area contributed by atoms with E-state index in [0.29, 0.717) is 0 Å². The summed E-state index contributed by atoms with van der Waals surface area (Å²) in [6.45, 7) is 0. The molecule has 64 valence electrons. The van der Waals surface area contributed by atoms with E-state index in [1.54, 1.807) is 0 Å². The van der Waals surface area contributed by atoms with Crippen molar-refractivity contribution >= 4 is 17.8 Å². The molecule has 0 aromatic rings. The van der Waals surface area contributed by atoms with Crippen LogP contribution in [0, 0.1) is 0 Å². The van der Waals surface area contributed by atoms with Gasteiger partial charge in [0.1, 0.15) is 0 Å². The molecular formula is C7H8N2O3. The van der Waals surface area contributed by atoms with Crippen molar-refractivity contribution in [2.24, 2.45) is 0 Å². The minimum atomic E-state index is -0.799. The Balaban J connectivity index is 2.18. The van der Waals surface area contributed by atoms with Crippen molar-refractivity contribution in [3.8, 4) is 0 Å². The molecule has 5 heteroatoms. The third-order valence-corrected chi connectivity index (χ3v) is 2.29. The Morgan fingerprint density at radius 1 is 1.25 bits per heavy atom. The van der Waals surface area contributed by atoms with E-state index < -0.39 is 17.8 Å². The van der Waals surface area contributed by atoms with E-state index in [2.05, 4.69) is 0 Å². The molecular weight excluding hydrogens is 160 g/mol. The highest BCUT2D eigenvalue weighted by Gasteiger charge is 2.43. The number of hydrogen-bond donors (Lipinski definition) is 1. The molecule has 1 heterocycles. The van der Waals surface area contributed by atoms with Crippen LogP contribution in [0.3, 0.4) is 0 Å². The van der Waals surface area contributed by atoms with Crippen LogP contribution in [0.25, 0.3) is 0 Å². The summed E-state index contributed by atoms with van der Waals surface area (Å²) < 4.78 is 0. The lowest BCUT2D eigenvalue weighted by Gasteiger charge is -2.31. The van der Waals surface area contributed by atoms with Gasteiger partial charge in [-0.15, -0.1) is 0 Å². The number of imide groups is 2. The number of nitrogens with zero attached hydrogens (tertiary/aromatic N) is 1. The Morgan fingerprint density at radius 2 is 1.92 bits per heavy atom. The van der Waals surface area contributed by atoms with Gasteiger partial charge < -0.3 is 0 Å². The molecule has 4 amide bonds. The zero-order chi connectivity index (χ0) is 8.72. The first kappa shape index (κ1) is 7.27. The first-order valence-electron chi connectivity index (χ1n) is 3.88. The van der Waals surface area contributed by atoms with Gasteiger partial charge in [0.15, 0.2) is 0 Å². The molecule has 0 aromatic carbocycles. The molecule has 2 aliphatic rings. The molecule has 0 unspecified atom stereocenters. The van der Waals surface area contributed by atoms with Crippen molar-refractivity contribution in [3.05, 3.63) is 0 Å². The van der Waals surface area contributed by atoms with E-state index in [1.165, 1.54) is 0 Å². The summed E-state index contributed by atoms with van der Waals surface area (Å²) in [5.74, 6) is -1.50. The van der Waals surface area contributed by atoms with Gasteiger partial charge in [-0.1, -0.05) is 0 Å². The molecule has 0 radical (unpaired) electrons. The molecule has 1 saturated carbocycles. The third kappa shape index (κ3) is 0.823. The molecule has 0 aromatic heterocycles. The lowest BCUT2D eigenvalue weighted by Crippen LogP contribution is -2.44. The second-order valence-electron chi connectivity index (χ2n) is 3.02. The monoisotopic (exact) mass is 168 g/mol. The summed E-state index contributed by atoms with van der Waals surface area (Å²) in [5.41, 5.74) is 0. The van der Waals surface area contributed by atoms with Gasteiger partial charge in [-0.25, -0.2) is 4.79 Å². The normalized spacial score (nSPS) is 24.3. The van der Waals surface area contributed by atoms with Crippen molar-refractivity contribution in [1.29, 1.82) is 0 Å². The van der Waals surface area contributed by atoms with E-state index in [1.807, 2.05) is 5.32 Å². The largest absolute Gasteiger partial charge is 0.331 e. The van der Waals surface area contributed by atoms with Crippen LogP contribution in [0.4, 0.5) is 4.79 Å². The Labute approximate surface area is 68.7 Å². The fourth-order valence-electron chi connectivity index (χ4n) is 1.39. The predicted octanol–water partition coefficient (Wildman–Crippen LogP) is -0.383. The van der Waals surface area contributed by atoms with E-state index >= 15 is 0 Å². The van der Waals surface area contributed by atoms with Crippen molar-refractivity contribution in [2.75, 3.05) is 0 Å². The van der Waals surface area contributed by atoms with Crippen molar-refractivity contribution < 1.29 is 14.4 Å². The first-order chi connectivity index (χ1) is 5.70.